The van der Waals surface area contributed by atoms with Gasteiger partial charge in [0.15, 0.2) is 11.5 Å². The Morgan fingerprint density at radius 2 is 2.14 bits per heavy atom. The van der Waals surface area contributed by atoms with Crippen molar-refractivity contribution in [1.29, 1.82) is 5.26 Å². The molecule has 0 unspecified atom stereocenters. The summed E-state index contributed by atoms with van der Waals surface area (Å²) in [4.78, 5) is 21.9. The highest BCUT2D eigenvalue weighted by atomic mass is 16.7. The van der Waals surface area contributed by atoms with Crippen LogP contribution in [0.5, 0.6) is 11.5 Å². The quantitative estimate of drug-likeness (QED) is 0.531. The van der Waals surface area contributed by atoms with Crippen LogP contribution in [0.2, 0.25) is 0 Å². The van der Waals surface area contributed by atoms with Gasteiger partial charge in [0.1, 0.15) is 18.2 Å². The normalized spacial score (nSPS) is 12.4. The molecule has 3 N–H and O–H groups in total. The molecule has 8 heteroatoms. The molecule has 0 aromatic heterocycles. The maximum absolute atomic E-state index is 11.5. The molecule has 0 fully saturated rings. The van der Waals surface area contributed by atoms with Gasteiger partial charge in [0, 0.05) is 18.0 Å². The van der Waals surface area contributed by atoms with E-state index >= 15 is 0 Å². The summed E-state index contributed by atoms with van der Waals surface area (Å²) in [7, 11) is 0. The van der Waals surface area contributed by atoms with E-state index < -0.39 is 18.4 Å². The number of amides is 1. The van der Waals surface area contributed by atoms with Gasteiger partial charge in [0.05, 0.1) is 0 Å². The largest absolute Gasteiger partial charge is 0.480 e. The van der Waals surface area contributed by atoms with E-state index in [4.69, 9.17) is 19.8 Å². The number of hydrogen-bond donors (Lipinski definition) is 3. The van der Waals surface area contributed by atoms with Crippen LogP contribution in [0.25, 0.3) is 0 Å². The zero-order valence-electron chi connectivity index (χ0n) is 10.8. The maximum Gasteiger partial charge on any atom is 0.322 e. The molecular formula is C13H11N3O5. The number of ether oxygens (including phenoxy) is 2. The van der Waals surface area contributed by atoms with E-state index in [0.29, 0.717) is 17.2 Å². The number of carboxylic acids is 1. The van der Waals surface area contributed by atoms with Crippen LogP contribution in [0.3, 0.4) is 0 Å². The number of carboxylic acid groups (broad SMARTS) is 1. The van der Waals surface area contributed by atoms with Gasteiger partial charge < -0.3 is 25.2 Å². The third kappa shape index (κ3) is 3.63. The van der Waals surface area contributed by atoms with Gasteiger partial charge in [-0.1, -0.05) is 0 Å². The molecule has 1 aromatic rings. The van der Waals surface area contributed by atoms with Gasteiger partial charge in [-0.25, -0.2) is 0 Å². The molecule has 0 saturated carbocycles. The van der Waals surface area contributed by atoms with Crippen molar-refractivity contribution in [1.82, 2.24) is 5.32 Å². The van der Waals surface area contributed by atoms with Gasteiger partial charge in [0.2, 0.25) is 6.79 Å². The van der Waals surface area contributed by atoms with Crippen LogP contribution in [-0.2, 0) is 9.59 Å². The third-order valence-electron chi connectivity index (χ3n) is 2.52. The van der Waals surface area contributed by atoms with Crippen LogP contribution in [-0.4, -0.2) is 30.3 Å². The van der Waals surface area contributed by atoms with Crippen molar-refractivity contribution in [2.45, 2.75) is 0 Å². The average Bonchev–Trinajstić information content (AvgIpc) is 2.93. The second-order valence-electron chi connectivity index (χ2n) is 3.96. The monoisotopic (exact) mass is 289 g/mol. The number of nitrogens with one attached hydrogen (secondary N) is 2. The van der Waals surface area contributed by atoms with E-state index in [9.17, 15) is 9.59 Å². The minimum atomic E-state index is -1.19. The minimum Gasteiger partial charge on any atom is -0.480 e. The lowest BCUT2D eigenvalue weighted by Crippen LogP contribution is -2.30. The molecule has 21 heavy (non-hydrogen) atoms. The molecule has 0 bridgehead atoms. The first-order chi connectivity index (χ1) is 10.1. The van der Waals surface area contributed by atoms with Crippen LogP contribution >= 0.6 is 0 Å². The first-order valence-electron chi connectivity index (χ1n) is 5.86. The van der Waals surface area contributed by atoms with Crippen molar-refractivity contribution in [3.05, 3.63) is 30.0 Å². The lowest BCUT2D eigenvalue weighted by molar-refractivity contribution is -0.137. The predicted molar refractivity (Wildman–Crippen MR) is 70.5 cm³/mol. The molecule has 1 aliphatic rings. The summed E-state index contributed by atoms with van der Waals surface area (Å²) >= 11 is 0. The summed E-state index contributed by atoms with van der Waals surface area (Å²) in [6.07, 6.45) is 1.19. The van der Waals surface area contributed by atoms with Crippen LogP contribution in [0.4, 0.5) is 5.69 Å². The Labute approximate surface area is 119 Å². The molecule has 0 atom stereocenters. The van der Waals surface area contributed by atoms with Gasteiger partial charge in [0.25, 0.3) is 5.91 Å². The zero-order valence-corrected chi connectivity index (χ0v) is 10.8. The molecule has 1 amide bonds. The van der Waals surface area contributed by atoms with Crippen molar-refractivity contribution in [2.75, 3.05) is 18.7 Å². The zero-order chi connectivity index (χ0) is 15.2. The van der Waals surface area contributed by atoms with Gasteiger partial charge in [-0.3, -0.25) is 9.59 Å². The SMILES string of the molecule is N#C/C(=C/Nc1ccc2c(c1)OCO2)C(=O)NCC(=O)O. The number of nitriles is 1. The van der Waals surface area contributed by atoms with Crippen molar-refractivity contribution >= 4 is 17.6 Å². The Bertz CT molecular complexity index is 648. The number of hydrogen-bond acceptors (Lipinski definition) is 6. The molecule has 0 saturated heterocycles. The molecule has 1 aromatic carbocycles. The maximum atomic E-state index is 11.5. The Morgan fingerprint density at radius 1 is 1.38 bits per heavy atom. The Kier molecular flexibility index (Phi) is 4.26. The Morgan fingerprint density at radius 3 is 2.86 bits per heavy atom. The number of rotatable bonds is 5. The van der Waals surface area contributed by atoms with E-state index in [1.54, 1.807) is 24.3 Å². The number of carbonyl (C=O) groups excluding carboxylic acids is 1. The number of anilines is 1. The molecule has 2 rings (SSSR count). The molecule has 0 spiro atoms. The summed E-state index contributed by atoms with van der Waals surface area (Å²) in [6, 6.07) is 6.72. The Hall–Kier alpha value is -3.21. The fraction of sp³-hybridized carbons (Fsp3) is 0.154. The van der Waals surface area contributed by atoms with E-state index in [-0.39, 0.29) is 12.4 Å². The standard InChI is InChI=1S/C13H11N3O5/c14-4-8(13(19)16-6-12(17)18)5-15-9-1-2-10-11(3-9)21-7-20-10/h1-3,5,15H,6-7H2,(H,16,19)(H,17,18)/b8-5-. The van der Waals surface area contributed by atoms with Gasteiger partial charge in [-0.15, -0.1) is 0 Å². The van der Waals surface area contributed by atoms with E-state index in [1.165, 1.54) is 6.20 Å². The van der Waals surface area contributed by atoms with Gasteiger partial charge in [-0.2, -0.15) is 5.26 Å². The number of fused-ring (bicyclic) bond motifs is 1. The second-order valence-corrected chi connectivity index (χ2v) is 3.96. The van der Waals surface area contributed by atoms with Crippen molar-refractivity contribution in [2.24, 2.45) is 0 Å². The molecule has 8 nitrogen and oxygen atoms in total. The predicted octanol–water partition coefficient (Wildman–Crippen LogP) is 0.435. The number of carbonyl (C=O) groups is 2. The summed E-state index contributed by atoms with van der Waals surface area (Å²) in [5.41, 5.74) is 0.354. The number of benzene rings is 1. The lowest BCUT2D eigenvalue weighted by atomic mass is 10.2. The third-order valence-corrected chi connectivity index (χ3v) is 2.52. The highest BCUT2D eigenvalue weighted by Gasteiger charge is 2.13. The highest BCUT2D eigenvalue weighted by molar-refractivity contribution is 5.98. The summed E-state index contributed by atoms with van der Waals surface area (Å²) in [5, 5.41) is 22.2. The van der Waals surface area contributed by atoms with Crippen LogP contribution < -0.4 is 20.1 Å². The van der Waals surface area contributed by atoms with E-state index in [1.807, 2.05) is 0 Å². The van der Waals surface area contributed by atoms with Crippen molar-refractivity contribution in [3.63, 3.8) is 0 Å². The summed E-state index contributed by atoms with van der Waals surface area (Å²) < 4.78 is 10.3. The van der Waals surface area contributed by atoms with E-state index in [2.05, 4.69) is 10.6 Å². The van der Waals surface area contributed by atoms with Gasteiger partial charge in [-0.05, 0) is 12.1 Å². The highest BCUT2D eigenvalue weighted by Crippen LogP contribution is 2.34. The summed E-state index contributed by atoms with van der Waals surface area (Å²) in [5.74, 6) is -0.788. The first kappa shape index (κ1) is 14.2. The topological polar surface area (TPSA) is 121 Å². The molecule has 0 radical (unpaired) electrons. The van der Waals surface area contributed by atoms with Crippen molar-refractivity contribution < 1.29 is 24.2 Å². The minimum absolute atomic E-state index is 0.148. The second kappa shape index (κ2) is 6.29. The van der Waals surface area contributed by atoms with Crippen LogP contribution in [0.1, 0.15) is 0 Å². The lowest BCUT2D eigenvalue weighted by Gasteiger charge is -2.04. The molecule has 1 heterocycles. The average molecular weight is 289 g/mol. The fourth-order valence-electron chi connectivity index (χ4n) is 1.54. The number of nitrogens with zero attached hydrogens (tertiary/aromatic N) is 1. The first-order valence-corrected chi connectivity index (χ1v) is 5.86. The fourth-order valence-corrected chi connectivity index (χ4v) is 1.54. The number of aliphatic carboxylic acids is 1. The molecule has 108 valence electrons. The Balaban J connectivity index is 2.02. The van der Waals surface area contributed by atoms with Gasteiger partial charge >= 0.3 is 5.97 Å². The molecular weight excluding hydrogens is 278 g/mol. The van der Waals surface area contributed by atoms with Crippen molar-refractivity contribution in [3.8, 4) is 17.6 Å². The smallest absolute Gasteiger partial charge is 0.322 e. The molecule has 0 aliphatic carbocycles. The van der Waals surface area contributed by atoms with E-state index in [0.717, 1.165) is 0 Å². The summed E-state index contributed by atoms with van der Waals surface area (Å²) in [6.45, 7) is -0.405. The van der Waals surface area contributed by atoms with Crippen LogP contribution in [0, 0.1) is 11.3 Å². The van der Waals surface area contributed by atoms with Crippen LogP contribution in [0.15, 0.2) is 30.0 Å². The molecule has 1 aliphatic heterocycles.